The Hall–Kier alpha value is -1.35. The molecule has 6 nitrogen and oxygen atoms in total. The highest BCUT2D eigenvalue weighted by molar-refractivity contribution is 7.91. The molecular weight excluding hydrogens is 459 g/mol. The molecule has 1 amide bonds. The van der Waals surface area contributed by atoms with Gasteiger partial charge in [0.15, 0.2) is 9.84 Å². The number of halogens is 3. The minimum atomic E-state index is -3.56. The van der Waals surface area contributed by atoms with E-state index in [2.05, 4.69) is 5.32 Å². The summed E-state index contributed by atoms with van der Waals surface area (Å²) in [5.41, 5.74) is 6.81. The first-order valence-corrected chi connectivity index (χ1v) is 11.0. The molecule has 2 aromatic carbocycles. The maximum absolute atomic E-state index is 12.3. The molecule has 0 aliphatic heterocycles. The average molecular weight is 482 g/mol. The first-order valence-electron chi connectivity index (χ1n) is 8.64. The van der Waals surface area contributed by atoms with Crippen LogP contribution in [0.25, 0.3) is 0 Å². The van der Waals surface area contributed by atoms with Gasteiger partial charge in [-0.05, 0) is 36.6 Å². The van der Waals surface area contributed by atoms with Crippen molar-refractivity contribution >= 4 is 51.4 Å². The highest BCUT2D eigenvalue weighted by Crippen LogP contribution is 2.25. The summed E-state index contributed by atoms with van der Waals surface area (Å²) in [4.78, 5) is 12.1. The number of sulfone groups is 1. The van der Waals surface area contributed by atoms with Crippen LogP contribution < -0.4 is 11.1 Å². The van der Waals surface area contributed by atoms with Crippen LogP contribution in [-0.4, -0.2) is 43.9 Å². The molecule has 1 unspecified atom stereocenters. The molecule has 29 heavy (non-hydrogen) atoms. The van der Waals surface area contributed by atoms with Crippen molar-refractivity contribution in [3.8, 4) is 0 Å². The Morgan fingerprint density at radius 3 is 2.38 bits per heavy atom. The van der Waals surface area contributed by atoms with Crippen LogP contribution in [0, 0.1) is 0 Å². The van der Waals surface area contributed by atoms with Crippen LogP contribution in [0.1, 0.15) is 12.0 Å². The van der Waals surface area contributed by atoms with E-state index in [-0.39, 0.29) is 46.1 Å². The maximum Gasteiger partial charge on any atom is 0.250 e. The minimum Gasteiger partial charge on any atom is -0.382 e. The zero-order chi connectivity index (χ0) is 20.7. The van der Waals surface area contributed by atoms with Gasteiger partial charge in [0.05, 0.1) is 20.7 Å². The van der Waals surface area contributed by atoms with Crippen LogP contribution in [0.15, 0.2) is 53.4 Å². The molecule has 160 valence electrons. The number of carbonyl (C=O) groups is 1. The predicted octanol–water partition coefficient (Wildman–Crippen LogP) is 2.63. The van der Waals surface area contributed by atoms with Crippen molar-refractivity contribution in [1.29, 1.82) is 0 Å². The Labute approximate surface area is 186 Å². The Balaban J connectivity index is 0.00000420. The third-order valence-electron chi connectivity index (χ3n) is 4.13. The van der Waals surface area contributed by atoms with Gasteiger partial charge in [-0.15, -0.1) is 12.4 Å². The zero-order valence-corrected chi connectivity index (χ0v) is 18.6. The lowest BCUT2D eigenvalue weighted by Crippen LogP contribution is -2.47. The number of amides is 1. The van der Waals surface area contributed by atoms with E-state index in [4.69, 9.17) is 28.9 Å². The van der Waals surface area contributed by atoms with E-state index in [1.54, 1.807) is 0 Å². The monoisotopic (exact) mass is 480 g/mol. The lowest BCUT2D eigenvalue weighted by Gasteiger charge is -2.18. The molecule has 2 atom stereocenters. The van der Waals surface area contributed by atoms with Gasteiger partial charge in [0.1, 0.15) is 6.10 Å². The van der Waals surface area contributed by atoms with Gasteiger partial charge in [-0.2, -0.15) is 0 Å². The summed E-state index contributed by atoms with van der Waals surface area (Å²) in [6.45, 7) is 0.0918. The van der Waals surface area contributed by atoms with Gasteiger partial charge in [-0.25, -0.2) is 8.42 Å². The molecule has 0 heterocycles. The molecule has 0 fully saturated rings. The topological polar surface area (TPSA) is 109 Å². The standard InChI is InChI=1S/C19H22Cl2N2O4S.ClH/c20-15-8-7-14(12-16(15)21)28(26,27)10-4-9-23-19(25)18(24)17(22)11-13-5-2-1-3-6-13;/h1-3,5-8,12,17-18,24H,4,9-11,22H2,(H,23,25);1H/t17-,18?;/m0./s1. The first kappa shape index (κ1) is 25.7. The molecule has 0 aliphatic rings. The number of benzene rings is 2. The third-order valence-corrected chi connectivity index (χ3v) is 6.66. The van der Waals surface area contributed by atoms with E-state index < -0.39 is 27.9 Å². The van der Waals surface area contributed by atoms with Crippen LogP contribution in [0.2, 0.25) is 10.0 Å². The van der Waals surface area contributed by atoms with Gasteiger partial charge in [0, 0.05) is 12.6 Å². The fourth-order valence-electron chi connectivity index (χ4n) is 2.56. The van der Waals surface area contributed by atoms with Crippen molar-refractivity contribution in [2.45, 2.75) is 29.9 Å². The summed E-state index contributed by atoms with van der Waals surface area (Å²) >= 11 is 11.6. The van der Waals surface area contributed by atoms with E-state index in [1.165, 1.54) is 18.2 Å². The van der Waals surface area contributed by atoms with E-state index >= 15 is 0 Å². The van der Waals surface area contributed by atoms with Gasteiger partial charge >= 0.3 is 0 Å². The fourth-order valence-corrected chi connectivity index (χ4v) is 4.25. The second kappa shape index (κ2) is 11.7. The van der Waals surface area contributed by atoms with E-state index in [0.717, 1.165) is 5.56 Å². The fraction of sp³-hybridized carbons (Fsp3) is 0.316. The smallest absolute Gasteiger partial charge is 0.250 e. The minimum absolute atomic E-state index is 0. The summed E-state index contributed by atoms with van der Waals surface area (Å²) in [7, 11) is -3.56. The Bertz CT molecular complexity index is 911. The van der Waals surface area contributed by atoms with Crippen molar-refractivity contribution in [2.24, 2.45) is 5.73 Å². The molecule has 10 heteroatoms. The molecule has 0 saturated carbocycles. The van der Waals surface area contributed by atoms with E-state index in [9.17, 15) is 18.3 Å². The molecule has 0 saturated heterocycles. The number of aliphatic hydroxyl groups is 1. The highest BCUT2D eigenvalue weighted by atomic mass is 35.5. The molecule has 2 rings (SSSR count). The van der Waals surface area contributed by atoms with Gasteiger partial charge in [-0.1, -0.05) is 53.5 Å². The number of aliphatic hydroxyl groups excluding tert-OH is 1. The normalized spacial score (nSPS) is 13.2. The number of nitrogens with one attached hydrogen (secondary N) is 1. The van der Waals surface area contributed by atoms with Crippen molar-refractivity contribution in [1.82, 2.24) is 5.32 Å². The largest absolute Gasteiger partial charge is 0.382 e. The van der Waals surface area contributed by atoms with Gasteiger partial charge in [-0.3, -0.25) is 4.79 Å². The van der Waals surface area contributed by atoms with Gasteiger partial charge in [0.25, 0.3) is 0 Å². The average Bonchev–Trinajstić information content (AvgIpc) is 2.67. The number of nitrogens with two attached hydrogens (primary N) is 1. The molecule has 0 spiro atoms. The summed E-state index contributed by atoms with van der Waals surface area (Å²) in [5, 5.41) is 13.0. The molecule has 2 aromatic rings. The van der Waals surface area contributed by atoms with Crippen molar-refractivity contribution < 1.29 is 18.3 Å². The van der Waals surface area contributed by atoms with E-state index in [1.807, 2.05) is 30.3 Å². The number of hydrogen-bond acceptors (Lipinski definition) is 5. The summed E-state index contributed by atoms with van der Waals surface area (Å²) in [6.07, 6.45) is -0.859. The SMILES string of the molecule is Cl.N[C@@H](Cc1ccccc1)C(O)C(=O)NCCCS(=O)(=O)c1ccc(Cl)c(Cl)c1. The molecule has 0 bridgehead atoms. The van der Waals surface area contributed by atoms with Crippen LogP contribution in [-0.2, 0) is 21.1 Å². The van der Waals surface area contributed by atoms with Crippen molar-refractivity contribution in [3.63, 3.8) is 0 Å². The third kappa shape index (κ3) is 7.77. The zero-order valence-electron chi connectivity index (χ0n) is 15.4. The Morgan fingerprint density at radius 2 is 1.76 bits per heavy atom. The number of hydrogen-bond donors (Lipinski definition) is 3. The summed E-state index contributed by atoms with van der Waals surface area (Å²) in [5.74, 6) is -0.812. The van der Waals surface area contributed by atoms with Crippen LogP contribution in [0.3, 0.4) is 0 Å². The van der Waals surface area contributed by atoms with Crippen LogP contribution in [0.5, 0.6) is 0 Å². The van der Waals surface area contributed by atoms with Gasteiger partial charge < -0.3 is 16.2 Å². The quantitative estimate of drug-likeness (QED) is 0.477. The van der Waals surface area contributed by atoms with Crippen molar-refractivity contribution in [3.05, 3.63) is 64.1 Å². The molecule has 0 radical (unpaired) electrons. The number of rotatable bonds is 9. The molecule has 0 aromatic heterocycles. The van der Waals surface area contributed by atoms with Crippen molar-refractivity contribution in [2.75, 3.05) is 12.3 Å². The van der Waals surface area contributed by atoms with Crippen LogP contribution >= 0.6 is 35.6 Å². The molecule has 0 aliphatic carbocycles. The molecule has 4 N–H and O–H groups in total. The van der Waals surface area contributed by atoms with Gasteiger partial charge in [0.2, 0.25) is 5.91 Å². The second-order valence-corrected chi connectivity index (χ2v) is 9.26. The second-order valence-electron chi connectivity index (χ2n) is 6.34. The maximum atomic E-state index is 12.3. The Kier molecular flexibility index (Phi) is 10.4. The summed E-state index contributed by atoms with van der Waals surface area (Å²) in [6, 6.07) is 12.6. The Morgan fingerprint density at radius 1 is 1.10 bits per heavy atom. The van der Waals surface area contributed by atoms with E-state index in [0.29, 0.717) is 6.42 Å². The molecular formula is C19H23Cl3N2O4S. The predicted molar refractivity (Wildman–Crippen MR) is 118 cm³/mol. The highest BCUT2D eigenvalue weighted by Gasteiger charge is 2.23. The lowest BCUT2D eigenvalue weighted by molar-refractivity contribution is -0.130. The summed E-state index contributed by atoms with van der Waals surface area (Å²) < 4.78 is 24.6. The number of carbonyl (C=O) groups excluding carboxylic acids is 1. The van der Waals surface area contributed by atoms with Crippen LogP contribution in [0.4, 0.5) is 0 Å². The first-order chi connectivity index (χ1) is 13.2. The lowest BCUT2D eigenvalue weighted by atomic mass is 10.0.